The highest BCUT2D eigenvalue weighted by molar-refractivity contribution is 5.81. The van der Waals surface area contributed by atoms with Crippen LogP contribution in [0.2, 0.25) is 0 Å². The Balaban J connectivity index is 2.97. The number of carboxylic acid groups (broad SMARTS) is 1. The standard InChI is InChI=1S/C14H17F2NO4/c1-13(2,3)21-12(20)17-10(11(18)19)14(15,16)9-7-5-4-6-8-9/h4-8,10H,1-3H3,(H,17,20)(H,18,19)/t10-/m0/s1. The van der Waals surface area contributed by atoms with Gasteiger partial charge in [0.25, 0.3) is 0 Å². The van der Waals surface area contributed by atoms with Gasteiger partial charge in [0, 0.05) is 5.56 Å². The number of hydrogen-bond acceptors (Lipinski definition) is 3. The number of nitrogens with one attached hydrogen (secondary N) is 1. The van der Waals surface area contributed by atoms with Crippen LogP contribution in [0.4, 0.5) is 13.6 Å². The number of halogens is 2. The minimum absolute atomic E-state index is 0.506. The van der Waals surface area contributed by atoms with Crippen molar-refractivity contribution in [2.24, 2.45) is 0 Å². The van der Waals surface area contributed by atoms with Crippen molar-refractivity contribution in [3.05, 3.63) is 35.9 Å². The summed E-state index contributed by atoms with van der Waals surface area (Å²) in [6.07, 6.45) is -1.22. The molecule has 2 N–H and O–H groups in total. The van der Waals surface area contributed by atoms with E-state index in [-0.39, 0.29) is 0 Å². The van der Waals surface area contributed by atoms with E-state index in [1.54, 1.807) is 5.32 Å². The maximum Gasteiger partial charge on any atom is 0.408 e. The zero-order chi connectivity index (χ0) is 16.3. The molecule has 1 amide bonds. The van der Waals surface area contributed by atoms with Crippen LogP contribution in [-0.4, -0.2) is 28.8 Å². The first-order chi connectivity index (χ1) is 9.54. The Bertz CT molecular complexity index is 511. The molecule has 0 heterocycles. The highest BCUT2D eigenvalue weighted by Crippen LogP contribution is 2.32. The first-order valence-electron chi connectivity index (χ1n) is 6.19. The summed E-state index contributed by atoms with van der Waals surface area (Å²) in [7, 11) is 0. The van der Waals surface area contributed by atoms with Crippen LogP contribution in [-0.2, 0) is 15.5 Å². The number of carbonyl (C=O) groups excluding carboxylic acids is 1. The molecule has 0 aliphatic carbocycles. The first kappa shape index (κ1) is 16.9. The Hall–Kier alpha value is -2.18. The molecule has 0 saturated heterocycles. The second kappa shape index (κ2) is 6.07. The van der Waals surface area contributed by atoms with Crippen molar-refractivity contribution in [2.45, 2.75) is 38.3 Å². The molecule has 0 bridgehead atoms. The van der Waals surface area contributed by atoms with Gasteiger partial charge in [-0.3, -0.25) is 0 Å². The molecule has 0 aliphatic rings. The number of ether oxygens (including phenoxy) is 1. The second-order valence-corrected chi connectivity index (χ2v) is 5.41. The lowest BCUT2D eigenvalue weighted by Crippen LogP contribution is -2.52. The van der Waals surface area contributed by atoms with Gasteiger partial charge < -0.3 is 15.2 Å². The maximum absolute atomic E-state index is 14.2. The molecule has 0 fully saturated rings. The predicted octanol–water partition coefficient (Wildman–Crippen LogP) is 2.76. The van der Waals surface area contributed by atoms with Gasteiger partial charge in [0.2, 0.25) is 0 Å². The van der Waals surface area contributed by atoms with Crippen molar-refractivity contribution < 1.29 is 28.2 Å². The van der Waals surface area contributed by atoms with Crippen molar-refractivity contribution in [3.8, 4) is 0 Å². The smallest absolute Gasteiger partial charge is 0.408 e. The fraction of sp³-hybridized carbons (Fsp3) is 0.429. The fourth-order valence-electron chi connectivity index (χ4n) is 1.56. The molecule has 0 unspecified atom stereocenters. The van der Waals surface area contributed by atoms with E-state index in [9.17, 15) is 18.4 Å². The van der Waals surface area contributed by atoms with Crippen LogP contribution in [0.25, 0.3) is 0 Å². The van der Waals surface area contributed by atoms with Gasteiger partial charge in [-0.25, -0.2) is 9.59 Å². The third-order valence-corrected chi connectivity index (χ3v) is 2.43. The highest BCUT2D eigenvalue weighted by Gasteiger charge is 2.47. The van der Waals surface area contributed by atoms with Crippen molar-refractivity contribution >= 4 is 12.1 Å². The Kier molecular flexibility index (Phi) is 4.88. The third-order valence-electron chi connectivity index (χ3n) is 2.43. The fourth-order valence-corrected chi connectivity index (χ4v) is 1.56. The van der Waals surface area contributed by atoms with Crippen molar-refractivity contribution in [3.63, 3.8) is 0 Å². The predicted molar refractivity (Wildman–Crippen MR) is 71.1 cm³/mol. The Morgan fingerprint density at radius 3 is 2.14 bits per heavy atom. The molecule has 1 aromatic rings. The number of aliphatic carboxylic acids is 1. The Labute approximate surface area is 120 Å². The minimum Gasteiger partial charge on any atom is -0.480 e. The van der Waals surface area contributed by atoms with Gasteiger partial charge in [0.1, 0.15) is 5.60 Å². The van der Waals surface area contributed by atoms with Crippen LogP contribution in [0.1, 0.15) is 26.3 Å². The van der Waals surface area contributed by atoms with Gasteiger partial charge in [-0.05, 0) is 20.8 Å². The Morgan fingerprint density at radius 2 is 1.71 bits per heavy atom. The molecule has 1 atom stereocenters. The molecule has 1 aromatic carbocycles. The van der Waals surface area contributed by atoms with E-state index in [2.05, 4.69) is 0 Å². The summed E-state index contributed by atoms with van der Waals surface area (Å²) in [6, 6.07) is 4.00. The molecule has 21 heavy (non-hydrogen) atoms. The molecule has 7 heteroatoms. The van der Waals surface area contributed by atoms with Crippen LogP contribution in [0.5, 0.6) is 0 Å². The van der Waals surface area contributed by atoms with Crippen LogP contribution in [0.15, 0.2) is 30.3 Å². The maximum atomic E-state index is 14.2. The number of amides is 1. The lowest BCUT2D eigenvalue weighted by Gasteiger charge is -2.26. The number of hydrogen-bond donors (Lipinski definition) is 2. The lowest BCUT2D eigenvalue weighted by molar-refractivity contribution is -0.151. The van der Waals surface area contributed by atoms with Crippen molar-refractivity contribution in [1.82, 2.24) is 5.32 Å². The molecule has 0 aromatic heterocycles. The lowest BCUT2D eigenvalue weighted by atomic mass is 10.0. The van der Waals surface area contributed by atoms with Crippen molar-refractivity contribution in [1.29, 1.82) is 0 Å². The average Bonchev–Trinajstić information content (AvgIpc) is 2.34. The highest BCUT2D eigenvalue weighted by atomic mass is 19.3. The summed E-state index contributed by atoms with van der Waals surface area (Å²) in [5.41, 5.74) is -1.43. The van der Waals surface area contributed by atoms with E-state index in [4.69, 9.17) is 9.84 Å². The van der Waals surface area contributed by atoms with Crippen LogP contribution in [0, 0.1) is 0 Å². The summed E-state index contributed by atoms with van der Waals surface area (Å²) in [5, 5.41) is 10.7. The molecular formula is C14H17F2NO4. The van der Waals surface area contributed by atoms with E-state index >= 15 is 0 Å². The van der Waals surface area contributed by atoms with Gasteiger partial charge >= 0.3 is 18.0 Å². The van der Waals surface area contributed by atoms with E-state index in [0.29, 0.717) is 0 Å². The number of benzene rings is 1. The molecule has 1 rings (SSSR count). The zero-order valence-electron chi connectivity index (χ0n) is 11.9. The SMILES string of the molecule is CC(C)(C)OC(=O)N[C@@H](C(=O)O)C(F)(F)c1ccccc1. The van der Waals surface area contributed by atoms with Gasteiger partial charge in [-0.15, -0.1) is 0 Å². The molecule has 5 nitrogen and oxygen atoms in total. The summed E-state index contributed by atoms with van der Waals surface area (Å²) < 4.78 is 33.2. The molecule has 0 spiro atoms. The number of carboxylic acids is 1. The van der Waals surface area contributed by atoms with E-state index in [1.165, 1.54) is 39.0 Å². The summed E-state index contributed by atoms with van der Waals surface area (Å²) >= 11 is 0. The molecule has 116 valence electrons. The topological polar surface area (TPSA) is 75.6 Å². The van der Waals surface area contributed by atoms with E-state index < -0.39 is 35.2 Å². The Morgan fingerprint density at radius 1 is 1.19 bits per heavy atom. The largest absolute Gasteiger partial charge is 0.480 e. The summed E-state index contributed by atoms with van der Waals surface area (Å²) in [4.78, 5) is 22.6. The molecular weight excluding hydrogens is 284 g/mol. The molecule has 0 aliphatic heterocycles. The van der Waals surface area contributed by atoms with Crippen LogP contribution in [0.3, 0.4) is 0 Å². The third kappa shape index (κ3) is 4.70. The quantitative estimate of drug-likeness (QED) is 0.896. The van der Waals surface area contributed by atoms with Crippen LogP contribution >= 0.6 is 0 Å². The summed E-state index contributed by atoms with van der Waals surface area (Å²) in [5.74, 6) is -5.63. The van der Waals surface area contributed by atoms with Gasteiger partial charge in [0.15, 0.2) is 6.04 Å². The van der Waals surface area contributed by atoms with Crippen LogP contribution < -0.4 is 5.32 Å². The van der Waals surface area contributed by atoms with Gasteiger partial charge in [-0.2, -0.15) is 8.78 Å². The zero-order valence-corrected chi connectivity index (χ0v) is 11.9. The minimum atomic E-state index is -3.77. The monoisotopic (exact) mass is 301 g/mol. The number of alkyl halides is 2. The molecule has 0 radical (unpaired) electrons. The first-order valence-corrected chi connectivity index (χ1v) is 6.19. The normalized spacial score (nSPS) is 13.4. The van der Waals surface area contributed by atoms with E-state index in [0.717, 1.165) is 12.1 Å². The average molecular weight is 301 g/mol. The number of alkyl carbamates (subject to hydrolysis) is 1. The van der Waals surface area contributed by atoms with E-state index in [1.807, 2.05) is 0 Å². The molecule has 0 saturated carbocycles. The summed E-state index contributed by atoms with van der Waals surface area (Å²) in [6.45, 7) is 4.62. The number of carbonyl (C=O) groups is 2. The van der Waals surface area contributed by atoms with Gasteiger partial charge in [-0.1, -0.05) is 30.3 Å². The number of rotatable bonds is 4. The second-order valence-electron chi connectivity index (χ2n) is 5.41. The van der Waals surface area contributed by atoms with Gasteiger partial charge in [0.05, 0.1) is 0 Å². The van der Waals surface area contributed by atoms with Crippen molar-refractivity contribution in [2.75, 3.05) is 0 Å².